The first-order valence-electron chi connectivity index (χ1n) is 5.97. The van der Waals surface area contributed by atoms with Gasteiger partial charge in [0.2, 0.25) is 0 Å². The molecular weight excluding hydrogens is 190 g/mol. The van der Waals surface area contributed by atoms with E-state index in [9.17, 15) is 4.79 Å². The van der Waals surface area contributed by atoms with Crippen LogP contribution in [-0.2, 0) is 4.79 Å². The van der Waals surface area contributed by atoms with Crippen LogP contribution in [0.5, 0.6) is 0 Å². The molecule has 0 radical (unpaired) electrons. The second kappa shape index (κ2) is 3.78. The molecule has 1 aliphatic heterocycles. The molecule has 0 bridgehead atoms. The summed E-state index contributed by atoms with van der Waals surface area (Å²) in [4.78, 5) is 13.2. The van der Waals surface area contributed by atoms with Crippen LogP contribution in [0.15, 0.2) is 0 Å². The third-order valence-corrected chi connectivity index (χ3v) is 3.94. The van der Waals surface area contributed by atoms with Crippen molar-refractivity contribution in [2.75, 3.05) is 13.1 Å². The van der Waals surface area contributed by atoms with E-state index in [0.29, 0.717) is 5.41 Å². The number of carbonyl (C=O) groups is 1. The lowest BCUT2D eigenvalue weighted by atomic mass is 9.86. The number of hydrogen-bond donors (Lipinski definition) is 1. The Hall–Kier alpha value is -0.570. The van der Waals surface area contributed by atoms with Crippen molar-refractivity contribution in [2.24, 2.45) is 11.3 Å². The Bertz CT molecular complexity index is 258. The molecule has 0 aromatic carbocycles. The summed E-state index contributed by atoms with van der Waals surface area (Å²) in [5, 5.41) is 9.09. The van der Waals surface area contributed by atoms with Gasteiger partial charge in [0.15, 0.2) is 0 Å². The SMILES string of the molecule is CC(C)(CN1CCCC1C(=O)O)C1CC1. The van der Waals surface area contributed by atoms with E-state index in [0.717, 1.165) is 31.8 Å². The Kier molecular flexibility index (Phi) is 2.75. The molecule has 0 amide bonds. The summed E-state index contributed by atoms with van der Waals surface area (Å²) in [5.74, 6) is 0.187. The van der Waals surface area contributed by atoms with E-state index < -0.39 is 5.97 Å². The van der Waals surface area contributed by atoms with E-state index >= 15 is 0 Å². The van der Waals surface area contributed by atoms with Crippen molar-refractivity contribution >= 4 is 5.97 Å². The van der Waals surface area contributed by atoms with Gasteiger partial charge in [-0.05, 0) is 43.6 Å². The maximum Gasteiger partial charge on any atom is 0.320 e. The van der Waals surface area contributed by atoms with E-state index in [2.05, 4.69) is 18.7 Å². The maximum atomic E-state index is 11.0. The molecule has 2 rings (SSSR count). The number of likely N-dealkylation sites (tertiary alicyclic amines) is 1. The van der Waals surface area contributed by atoms with Crippen LogP contribution in [0, 0.1) is 11.3 Å². The average Bonchev–Trinajstić information content (AvgIpc) is 2.88. The fourth-order valence-electron chi connectivity index (χ4n) is 2.81. The number of hydrogen-bond acceptors (Lipinski definition) is 2. The highest BCUT2D eigenvalue weighted by Crippen LogP contribution is 2.46. The monoisotopic (exact) mass is 211 g/mol. The average molecular weight is 211 g/mol. The summed E-state index contributed by atoms with van der Waals surface area (Å²) in [6.07, 6.45) is 4.53. The number of aliphatic carboxylic acids is 1. The van der Waals surface area contributed by atoms with E-state index in [1.165, 1.54) is 12.8 Å². The third-order valence-electron chi connectivity index (χ3n) is 3.94. The van der Waals surface area contributed by atoms with Gasteiger partial charge < -0.3 is 5.11 Å². The van der Waals surface area contributed by atoms with Crippen molar-refractivity contribution in [2.45, 2.75) is 45.6 Å². The molecule has 1 saturated carbocycles. The molecule has 1 atom stereocenters. The van der Waals surface area contributed by atoms with Gasteiger partial charge >= 0.3 is 5.97 Å². The van der Waals surface area contributed by atoms with E-state index in [-0.39, 0.29) is 6.04 Å². The quantitative estimate of drug-likeness (QED) is 0.773. The van der Waals surface area contributed by atoms with Crippen molar-refractivity contribution in [1.29, 1.82) is 0 Å². The smallest absolute Gasteiger partial charge is 0.320 e. The van der Waals surface area contributed by atoms with Gasteiger partial charge in [-0.15, -0.1) is 0 Å². The van der Waals surface area contributed by atoms with Crippen LogP contribution < -0.4 is 0 Å². The highest BCUT2D eigenvalue weighted by atomic mass is 16.4. The zero-order valence-electron chi connectivity index (χ0n) is 9.70. The van der Waals surface area contributed by atoms with Crippen LogP contribution >= 0.6 is 0 Å². The number of carboxylic acids is 1. The Morgan fingerprint density at radius 2 is 2.07 bits per heavy atom. The van der Waals surface area contributed by atoms with E-state index in [4.69, 9.17) is 5.11 Å². The predicted octanol–water partition coefficient (Wildman–Crippen LogP) is 1.97. The highest BCUT2D eigenvalue weighted by Gasteiger charge is 2.41. The topological polar surface area (TPSA) is 40.5 Å². The molecule has 2 fully saturated rings. The van der Waals surface area contributed by atoms with Gasteiger partial charge in [-0.1, -0.05) is 13.8 Å². The van der Waals surface area contributed by atoms with Gasteiger partial charge in [-0.25, -0.2) is 0 Å². The lowest BCUT2D eigenvalue weighted by Crippen LogP contribution is -2.42. The van der Waals surface area contributed by atoms with Gasteiger partial charge in [0.25, 0.3) is 0 Å². The Morgan fingerprint density at radius 3 is 2.60 bits per heavy atom. The Morgan fingerprint density at radius 1 is 1.40 bits per heavy atom. The second-order valence-corrected chi connectivity index (χ2v) is 5.73. The first-order chi connectivity index (χ1) is 7.00. The molecule has 3 nitrogen and oxygen atoms in total. The molecule has 1 unspecified atom stereocenters. The van der Waals surface area contributed by atoms with Crippen LogP contribution in [0.4, 0.5) is 0 Å². The molecule has 0 spiro atoms. The summed E-state index contributed by atoms with van der Waals surface area (Å²) < 4.78 is 0. The summed E-state index contributed by atoms with van der Waals surface area (Å²) in [5.41, 5.74) is 0.304. The molecule has 15 heavy (non-hydrogen) atoms. The number of rotatable bonds is 4. The fraction of sp³-hybridized carbons (Fsp3) is 0.917. The molecule has 1 heterocycles. The summed E-state index contributed by atoms with van der Waals surface area (Å²) in [6, 6.07) is -0.219. The third kappa shape index (κ3) is 2.33. The molecule has 3 heteroatoms. The standard InChI is InChI=1S/C12H21NO2/c1-12(2,9-5-6-9)8-13-7-3-4-10(13)11(14)15/h9-10H,3-8H2,1-2H3,(H,14,15). The minimum absolute atomic E-state index is 0.219. The van der Waals surface area contributed by atoms with Crippen LogP contribution in [0.25, 0.3) is 0 Å². The van der Waals surface area contributed by atoms with Crippen molar-refractivity contribution in [3.8, 4) is 0 Å². The molecule has 0 aromatic rings. The highest BCUT2D eigenvalue weighted by molar-refractivity contribution is 5.73. The van der Waals surface area contributed by atoms with Crippen molar-refractivity contribution in [3.63, 3.8) is 0 Å². The fourth-order valence-corrected chi connectivity index (χ4v) is 2.81. The molecular formula is C12H21NO2. The molecule has 1 aliphatic carbocycles. The Balaban J connectivity index is 1.95. The minimum Gasteiger partial charge on any atom is -0.480 e. The lowest BCUT2D eigenvalue weighted by molar-refractivity contribution is -0.142. The summed E-state index contributed by atoms with van der Waals surface area (Å²) in [6.45, 7) is 6.48. The Labute approximate surface area is 91.5 Å². The van der Waals surface area contributed by atoms with Gasteiger partial charge in [-0.3, -0.25) is 9.69 Å². The van der Waals surface area contributed by atoms with E-state index in [1.54, 1.807) is 0 Å². The summed E-state index contributed by atoms with van der Waals surface area (Å²) in [7, 11) is 0. The maximum absolute atomic E-state index is 11.0. The van der Waals surface area contributed by atoms with Gasteiger partial charge in [0.05, 0.1) is 0 Å². The molecule has 86 valence electrons. The largest absolute Gasteiger partial charge is 0.480 e. The van der Waals surface area contributed by atoms with Crippen LogP contribution in [-0.4, -0.2) is 35.1 Å². The minimum atomic E-state index is -0.640. The zero-order chi connectivity index (χ0) is 11.1. The van der Waals surface area contributed by atoms with E-state index in [1.807, 2.05) is 0 Å². The van der Waals surface area contributed by atoms with Gasteiger partial charge in [0.1, 0.15) is 6.04 Å². The second-order valence-electron chi connectivity index (χ2n) is 5.73. The van der Waals surface area contributed by atoms with Crippen molar-refractivity contribution < 1.29 is 9.90 Å². The molecule has 2 aliphatic rings. The van der Waals surface area contributed by atoms with Crippen LogP contribution in [0.3, 0.4) is 0 Å². The van der Waals surface area contributed by atoms with Crippen molar-refractivity contribution in [1.82, 2.24) is 4.90 Å². The van der Waals surface area contributed by atoms with Crippen molar-refractivity contribution in [3.05, 3.63) is 0 Å². The summed E-state index contributed by atoms with van der Waals surface area (Å²) >= 11 is 0. The first kappa shape index (κ1) is 10.9. The zero-order valence-corrected chi connectivity index (χ0v) is 9.70. The van der Waals surface area contributed by atoms with Crippen LogP contribution in [0.1, 0.15) is 39.5 Å². The number of nitrogens with zero attached hydrogens (tertiary/aromatic N) is 1. The van der Waals surface area contributed by atoms with Gasteiger partial charge in [-0.2, -0.15) is 0 Å². The molecule has 1 saturated heterocycles. The molecule has 0 aromatic heterocycles. The van der Waals surface area contributed by atoms with Gasteiger partial charge in [0, 0.05) is 6.54 Å². The predicted molar refractivity (Wildman–Crippen MR) is 58.7 cm³/mol. The normalized spacial score (nSPS) is 28.3. The first-order valence-corrected chi connectivity index (χ1v) is 5.97. The molecule has 1 N–H and O–H groups in total. The number of carboxylic acid groups (broad SMARTS) is 1. The lowest BCUT2D eigenvalue weighted by Gasteiger charge is -2.32. The van der Waals surface area contributed by atoms with Crippen LogP contribution in [0.2, 0.25) is 0 Å².